The summed E-state index contributed by atoms with van der Waals surface area (Å²) >= 11 is 4.80. The van der Waals surface area contributed by atoms with Crippen LogP contribution in [0.25, 0.3) is 0 Å². The van der Waals surface area contributed by atoms with Crippen molar-refractivity contribution in [3.63, 3.8) is 0 Å². The fraction of sp³-hybridized carbons (Fsp3) is 0.320. The molecule has 0 spiro atoms. The van der Waals surface area contributed by atoms with Gasteiger partial charge in [-0.1, -0.05) is 34.1 Å². The maximum Gasteiger partial charge on any atom is 0.416 e. The van der Waals surface area contributed by atoms with E-state index in [0.717, 1.165) is 22.8 Å². The van der Waals surface area contributed by atoms with Crippen LogP contribution < -0.4 is 10.6 Å². The number of aryl methyl sites for hydroxylation is 1. The average molecular weight is 599 g/mol. The van der Waals surface area contributed by atoms with Gasteiger partial charge in [-0.3, -0.25) is 9.59 Å². The summed E-state index contributed by atoms with van der Waals surface area (Å²) in [6, 6.07) is 9.58. The van der Waals surface area contributed by atoms with Crippen LogP contribution in [-0.2, 0) is 19.3 Å². The van der Waals surface area contributed by atoms with Crippen molar-refractivity contribution >= 4 is 39.1 Å². The molecule has 7 nitrogen and oxygen atoms in total. The van der Waals surface area contributed by atoms with E-state index in [1.807, 2.05) is 12.3 Å². The molecule has 0 bridgehead atoms. The van der Waals surface area contributed by atoms with Crippen molar-refractivity contribution in [2.75, 3.05) is 20.1 Å². The van der Waals surface area contributed by atoms with Crippen LogP contribution in [0.1, 0.15) is 42.5 Å². The molecule has 3 aromatic rings. The Morgan fingerprint density at radius 2 is 1.89 bits per heavy atom. The lowest BCUT2D eigenvalue weighted by molar-refractivity contribution is -0.137. The van der Waals surface area contributed by atoms with E-state index in [4.69, 9.17) is 0 Å². The summed E-state index contributed by atoms with van der Waals surface area (Å²) in [5, 5.41) is 18.4. The maximum absolute atomic E-state index is 12.9. The molecule has 3 N–H and O–H groups in total. The van der Waals surface area contributed by atoms with Crippen molar-refractivity contribution in [1.82, 2.24) is 20.5 Å². The van der Waals surface area contributed by atoms with Gasteiger partial charge in [-0.05, 0) is 36.8 Å². The predicted octanol–water partition coefficient (Wildman–Crippen LogP) is 4.39. The number of thiazole rings is 1. The zero-order valence-corrected chi connectivity index (χ0v) is 22.5. The van der Waals surface area contributed by atoms with Gasteiger partial charge < -0.3 is 20.6 Å². The number of halogens is 4. The molecule has 0 saturated heterocycles. The van der Waals surface area contributed by atoms with Gasteiger partial charge in [0.25, 0.3) is 11.8 Å². The monoisotopic (exact) mass is 598 g/mol. The fourth-order valence-electron chi connectivity index (χ4n) is 3.44. The van der Waals surface area contributed by atoms with E-state index in [9.17, 15) is 27.9 Å². The third-order valence-corrected chi connectivity index (χ3v) is 6.66. The molecule has 37 heavy (non-hydrogen) atoms. The summed E-state index contributed by atoms with van der Waals surface area (Å²) in [7, 11) is 1.66. The molecule has 2 aromatic carbocycles. The van der Waals surface area contributed by atoms with Gasteiger partial charge in [0.1, 0.15) is 5.01 Å². The molecule has 1 aromatic heterocycles. The van der Waals surface area contributed by atoms with Crippen LogP contribution in [0.2, 0.25) is 0 Å². The smallest absolute Gasteiger partial charge is 0.390 e. The van der Waals surface area contributed by atoms with Gasteiger partial charge in [0.15, 0.2) is 0 Å². The molecule has 198 valence electrons. The van der Waals surface area contributed by atoms with E-state index in [0.29, 0.717) is 22.1 Å². The first-order valence-electron chi connectivity index (χ1n) is 11.2. The number of hydrogen-bond acceptors (Lipinski definition) is 6. The summed E-state index contributed by atoms with van der Waals surface area (Å²) in [5.74, 6) is -0.757. The second-order valence-electron chi connectivity index (χ2n) is 8.47. The summed E-state index contributed by atoms with van der Waals surface area (Å²) in [6.45, 7) is 2.31. The first-order valence-corrected chi connectivity index (χ1v) is 12.9. The standard InChI is InChI=1S/C25H26BrF3N4O3S/c1-15-14-37-22(32-15)13-33(2)24(36)18-7-17(8-20(26)9-18)23(35)31-12-21(34)11-30-10-16-4-3-5-19(6-16)25(27,28)29/h3-9,14,21,30,34H,10-13H2,1-2H3,(H,31,35)/t21-/m1/s1. The molecule has 0 saturated carbocycles. The lowest BCUT2D eigenvalue weighted by Crippen LogP contribution is -2.38. The van der Waals surface area contributed by atoms with E-state index in [-0.39, 0.29) is 31.1 Å². The van der Waals surface area contributed by atoms with Crippen LogP contribution in [0.3, 0.4) is 0 Å². The first-order chi connectivity index (χ1) is 17.4. The molecular formula is C25H26BrF3N4O3S. The molecule has 1 heterocycles. The number of aromatic nitrogens is 1. The lowest BCUT2D eigenvalue weighted by atomic mass is 10.1. The Morgan fingerprint density at radius 1 is 1.16 bits per heavy atom. The summed E-state index contributed by atoms with van der Waals surface area (Å²) in [6.07, 6.45) is -5.40. The zero-order chi connectivity index (χ0) is 27.2. The highest BCUT2D eigenvalue weighted by molar-refractivity contribution is 9.10. The van der Waals surface area contributed by atoms with Crippen LogP contribution in [-0.4, -0.2) is 53.0 Å². The van der Waals surface area contributed by atoms with Gasteiger partial charge in [-0.15, -0.1) is 11.3 Å². The number of carbonyl (C=O) groups excluding carboxylic acids is 2. The minimum Gasteiger partial charge on any atom is -0.390 e. The number of amides is 2. The summed E-state index contributed by atoms with van der Waals surface area (Å²) < 4.78 is 39.0. The normalized spacial score (nSPS) is 12.3. The molecule has 0 fully saturated rings. The van der Waals surface area contributed by atoms with Crippen molar-refractivity contribution in [2.24, 2.45) is 0 Å². The molecule has 3 rings (SSSR count). The number of rotatable bonds is 10. The van der Waals surface area contributed by atoms with Gasteiger partial charge in [0.2, 0.25) is 0 Å². The average Bonchev–Trinajstić information content (AvgIpc) is 3.25. The van der Waals surface area contributed by atoms with Crippen LogP contribution in [0.15, 0.2) is 52.3 Å². The molecule has 1 atom stereocenters. The Bertz CT molecular complexity index is 1250. The Morgan fingerprint density at radius 3 is 2.57 bits per heavy atom. The highest BCUT2D eigenvalue weighted by Crippen LogP contribution is 2.29. The van der Waals surface area contributed by atoms with E-state index in [1.165, 1.54) is 28.4 Å². The van der Waals surface area contributed by atoms with Crippen LogP contribution in [0.4, 0.5) is 13.2 Å². The van der Waals surface area contributed by atoms with E-state index < -0.39 is 23.8 Å². The molecule has 0 radical (unpaired) electrons. The molecular weight excluding hydrogens is 573 g/mol. The maximum atomic E-state index is 12.9. The summed E-state index contributed by atoms with van der Waals surface area (Å²) in [5.41, 5.74) is 1.12. The fourth-order valence-corrected chi connectivity index (χ4v) is 4.76. The number of aliphatic hydroxyl groups excluding tert-OH is 1. The van der Waals surface area contributed by atoms with E-state index in [2.05, 4.69) is 31.5 Å². The quantitative estimate of drug-likeness (QED) is 0.322. The minimum atomic E-state index is -4.42. The van der Waals surface area contributed by atoms with Crippen LogP contribution in [0, 0.1) is 6.92 Å². The van der Waals surface area contributed by atoms with E-state index >= 15 is 0 Å². The number of nitrogens with zero attached hydrogens (tertiary/aromatic N) is 2. The third-order valence-electron chi connectivity index (χ3n) is 5.25. The molecule has 2 amide bonds. The zero-order valence-electron chi connectivity index (χ0n) is 20.1. The topological polar surface area (TPSA) is 94.6 Å². The van der Waals surface area contributed by atoms with Crippen molar-refractivity contribution in [3.8, 4) is 0 Å². The number of alkyl halides is 3. The van der Waals surface area contributed by atoms with Gasteiger partial charge in [0.05, 0.1) is 18.2 Å². The third kappa shape index (κ3) is 8.63. The van der Waals surface area contributed by atoms with Crippen LogP contribution >= 0.6 is 27.3 Å². The van der Waals surface area contributed by atoms with Crippen LogP contribution in [0.5, 0.6) is 0 Å². The summed E-state index contributed by atoms with van der Waals surface area (Å²) in [4.78, 5) is 31.4. The number of nitrogens with one attached hydrogen (secondary N) is 2. The number of carbonyl (C=O) groups is 2. The largest absolute Gasteiger partial charge is 0.416 e. The predicted molar refractivity (Wildman–Crippen MR) is 138 cm³/mol. The van der Waals surface area contributed by atoms with E-state index in [1.54, 1.807) is 25.2 Å². The Balaban J connectivity index is 1.51. The Labute approximate surface area is 224 Å². The molecule has 0 aliphatic rings. The van der Waals surface area contributed by atoms with Crippen molar-refractivity contribution in [1.29, 1.82) is 0 Å². The lowest BCUT2D eigenvalue weighted by Gasteiger charge is -2.17. The molecule has 12 heteroatoms. The Kier molecular flexibility index (Phi) is 9.82. The highest BCUT2D eigenvalue weighted by atomic mass is 79.9. The second-order valence-corrected chi connectivity index (χ2v) is 10.3. The number of aliphatic hydroxyl groups is 1. The second kappa shape index (κ2) is 12.6. The number of benzene rings is 2. The van der Waals surface area contributed by atoms with Crippen molar-refractivity contribution in [3.05, 3.63) is 85.3 Å². The first kappa shape index (κ1) is 28.8. The van der Waals surface area contributed by atoms with Crippen molar-refractivity contribution < 1.29 is 27.9 Å². The Hall–Kier alpha value is -2.80. The molecule has 0 unspecified atom stereocenters. The van der Waals surface area contributed by atoms with Gasteiger partial charge in [0, 0.05) is 53.4 Å². The minimum absolute atomic E-state index is 0.0553. The highest BCUT2D eigenvalue weighted by Gasteiger charge is 2.30. The molecule has 0 aliphatic heterocycles. The number of hydrogen-bond donors (Lipinski definition) is 3. The van der Waals surface area contributed by atoms with Gasteiger partial charge in [-0.25, -0.2) is 4.98 Å². The van der Waals surface area contributed by atoms with Crippen molar-refractivity contribution in [2.45, 2.75) is 32.3 Å². The van der Waals surface area contributed by atoms with Gasteiger partial charge >= 0.3 is 6.18 Å². The molecule has 0 aliphatic carbocycles. The van der Waals surface area contributed by atoms with Gasteiger partial charge in [-0.2, -0.15) is 13.2 Å². The SMILES string of the molecule is Cc1csc(CN(C)C(=O)c2cc(Br)cc(C(=O)NC[C@H](O)CNCc3cccc(C(F)(F)F)c3)c2)n1.